The first-order valence-electron chi connectivity index (χ1n) is 6.49. The fraction of sp³-hybridized carbons (Fsp3) is 0. The molecule has 4 rings (SSSR count). The molecular weight excluding hydrogens is 476 g/mol. The second kappa shape index (κ2) is 5.15. The standard InChI is InChI=1S/C16H8Br3N2O/c17-11-6-12(18)15(13(19)7-11)21-8-10-3-1-2-9-4-5-20(14(9)10)16(21)22/h1-8H/q+1. The molecule has 0 N–H and O–H groups in total. The maximum Gasteiger partial charge on any atom is 0.508 e. The van der Waals surface area contributed by atoms with Crippen LogP contribution in [0.4, 0.5) is 0 Å². The van der Waals surface area contributed by atoms with Crippen molar-refractivity contribution in [2.24, 2.45) is 0 Å². The Morgan fingerprint density at radius 2 is 1.64 bits per heavy atom. The normalized spacial score (nSPS) is 11.6. The van der Waals surface area contributed by atoms with Gasteiger partial charge in [0.25, 0.3) is 0 Å². The summed E-state index contributed by atoms with van der Waals surface area (Å²) in [6.07, 6.45) is 3.70. The highest BCUT2D eigenvalue weighted by atomic mass is 79.9. The topological polar surface area (TPSA) is 25.4 Å². The van der Waals surface area contributed by atoms with Crippen molar-refractivity contribution >= 4 is 64.1 Å². The minimum Gasteiger partial charge on any atom is -0.196 e. The predicted octanol–water partition coefficient (Wildman–Crippen LogP) is 4.45. The van der Waals surface area contributed by atoms with Crippen LogP contribution in [-0.4, -0.2) is 4.40 Å². The van der Waals surface area contributed by atoms with Gasteiger partial charge in [-0.15, -0.1) is 0 Å². The molecule has 2 heterocycles. The average molecular weight is 484 g/mol. The quantitative estimate of drug-likeness (QED) is 0.367. The second-order valence-electron chi connectivity index (χ2n) is 4.97. The van der Waals surface area contributed by atoms with Crippen LogP contribution in [-0.2, 0) is 0 Å². The zero-order chi connectivity index (χ0) is 15.4. The molecule has 0 saturated carbocycles. The van der Waals surface area contributed by atoms with Crippen LogP contribution in [0.25, 0.3) is 22.0 Å². The molecule has 0 bridgehead atoms. The highest BCUT2D eigenvalue weighted by Crippen LogP contribution is 2.30. The molecular formula is C16H8Br3N2O+. The molecule has 0 unspecified atom stereocenters. The van der Waals surface area contributed by atoms with Gasteiger partial charge in [-0.05, 0) is 56.1 Å². The van der Waals surface area contributed by atoms with Crippen LogP contribution in [0.5, 0.6) is 0 Å². The first-order chi connectivity index (χ1) is 10.6. The van der Waals surface area contributed by atoms with E-state index in [2.05, 4.69) is 47.8 Å². The molecule has 108 valence electrons. The van der Waals surface area contributed by atoms with E-state index in [-0.39, 0.29) is 5.69 Å². The van der Waals surface area contributed by atoms with Gasteiger partial charge in [0.15, 0.2) is 11.2 Å². The summed E-state index contributed by atoms with van der Waals surface area (Å²) in [5.41, 5.74) is 1.63. The van der Waals surface area contributed by atoms with Crippen molar-refractivity contribution < 1.29 is 4.57 Å². The lowest BCUT2D eigenvalue weighted by atomic mass is 10.2. The Hall–Kier alpha value is -1.24. The first-order valence-corrected chi connectivity index (χ1v) is 8.87. The van der Waals surface area contributed by atoms with Crippen LogP contribution in [0, 0.1) is 0 Å². The smallest absolute Gasteiger partial charge is 0.196 e. The van der Waals surface area contributed by atoms with Gasteiger partial charge >= 0.3 is 5.69 Å². The summed E-state index contributed by atoms with van der Waals surface area (Å²) >= 11 is 10.5. The molecule has 2 aromatic heterocycles. The van der Waals surface area contributed by atoms with Gasteiger partial charge in [-0.3, -0.25) is 0 Å². The van der Waals surface area contributed by atoms with Gasteiger partial charge in [0, 0.05) is 9.86 Å². The van der Waals surface area contributed by atoms with Crippen molar-refractivity contribution in [2.45, 2.75) is 0 Å². The Bertz CT molecular complexity index is 1060. The fourth-order valence-electron chi connectivity index (χ4n) is 2.72. The minimum atomic E-state index is -0.0996. The molecule has 0 spiro atoms. The number of aromatic nitrogens is 2. The van der Waals surface area contributed by atoms with Crippen LogP contribution >= 0.6 is 47.8 Å². The third kappa shape index (κ3) is 2.05. The summed E-state index contributed by atoms with van der Waals surface area (Å²) < 4.78 is 5.94. The Balaban J connectivity index is 2.17. The molecule has 0 aliphatic heterocycles. The average Bonchev–Trinajstić information content (AvgIpc) is 2.89. The molecule has 2 aromatic carbocycles. The van der Waals surface area contributed by atoms with E-state index in [1.54, 1.807) is 8.97 Å². The molecule has 0 fully saturated rings. The van der Waals surface area contributed by atoms with Crippen molar-refractivity contribution in [2.75, 3.05) is 0 Å². The molecule has 0 saturated heterocycles. The summed E-state index contributed by atoms with van der Waals surface area (Å²) in [7, 11) is 0. The van der Waals surface area contributed by atoms with E-state index in [9.17, 15) is 4.79 Å². The van der Waals surface area contributed by atoms with E-state index >= 15 is 0 Å². The number of halogens is 3. The largest absolute Gasteiger partial charge is 0.508 e. The van der Waals surface area contributed by atoms with E-state index < -0.39 is 0 Å². The predicted molar refractivity (Wildman–Crippen MR) is 97.0 cm³/mol. The van der Waals surface area contributed by atoms with Gasteiger partial charge < -0.3 is 0 Å². The number of hydrogen-bond acceptors (Lipinski definition) is 1. The number of nitrogens with zero attached hydrogens (tertiary/aromatic N) is 2. The number of rotatable bonds is 1. The maximum atomic E-state index is 12.9. The summed E-state index contributed by atoms with van der Waals surface area (Å²) in [4.78, 5) is 12.9. The maximum absolute atomic E-state index is 12.9. The highest BCUT2D eigenvalue weighted by molar-refractivity contribution is 9.11. The van der Waals surface area contributed by atoms with Crippen molar-refractivity contribution in [1.29, 1.82) is 0 Å². The van der Waals surface area contributed by atoms with Crippen LogP contribution < -0.4 is 10.3 Å². The van der Waals surface area contributed by atoms with E-state index in [1.807, 2.05) is 48.8 Å². The van der Waals surface area contributed by atoms with Crippen LogP contribution in [0.1, 0.15) is 0 Å². The molecule has 0 aliphatic carbocycles. The van der Waals surface area contributed by atoms with Gasteiger partial charge in [0.2, 0.25) is 0 Å². The lowest BCUT2D eigenvalue weighted by Gasteiger charge is -2.06. The molecule has 6 heteroatoms. The summed E-state index contributed by atoms with van der Waals surface area (Å²) in [5.74, 6) is 0. The van der Waals surface area contributed by atoms with Gasteiger partial charge in [0.1, 0.15) is 12.4 Å². The Morgan fingerprint density at radius 3 is 2.36 bits per heavy atom. The summed E-state index contributed by atoms with van der Waals surface area (Å²) in [6, 6.07) is 11.8. The van der Waals surface area contributed by atoms with Crippen molar-refractivity contribution in [1.82, 2.24) is 4.40 Å². The van der Waals surface area contributed by atoms with E-state index in [0.717, 1.165) is 35.4 Å². The highest BCUT2D eigenvalue weighted by Gasteiger charge is 2.21. The SMILES string of the molecule is O=c1n2ccc3cccc(c[n+]1-c1c(Br)cc(Br)cc1Br)c32. The molecule has 0 aliphatic rings. The van der Waals surface area contributed by atoms with Crippen molar-refractivity contribution in [3.63, 3.8) is 0 Å². The van der Waals surface area contributed by atoms with Crippen LogP contribution in [0.2, 0.25) is 0 Å². The van der Waals surface area contributed by atoms with Gasteiger partial charge in [0.05, 0.1) is 14.3 Å². The van der Waals surface area contributed by atoms with E-state index in [0.29, 0.717) is 0 Å². The van der Waals surface area contributed by atoms with E-state index in [1.165, 1.54) is 0 Å². The molecule has 4 aromatic rings. The molecule has 0 radical (unpaired) electrons. The third-order valence-corrected chi connectivity index (χ3v) is 5.31. The molecule has 22 heavy (non-hydrogen) atoms. The van der Waals surface area contributed by atoms with Gasteiger partial charge in [-0.1, -0.05) is 28.1 Å². The second-order valence-corrected chi connectivity index (χ2v) is 7.59. The van der Waals surface area contributed by atoms with E-state index in [4.69, 9.17) is 0 Å². The zero-order valence-corrected chi connectivity index (χ0v) is 15.8. The van der Waals surface area contributed by atoms with Gasteiger partial charge in [-0.2, -0.15) is 13.8 Å². The van der Waals surface area contributed by atoms with Gasteiger partial charge in [-0.25, -0.2) is 0 Å². The Kier molecular flexibility index (Phi) is 3.36. The summed E-state index contributed by atoms with van der Waals surface area (Å²) in [5, 5.41) is 2.08. The number of para-hydroxylation sites is 1. The van der Waals surface area contributed by atoms with Crippen molar-refractivity contribution in [3.8, 4) is 5.69 Å². The van der Waals surface area contributed by atoms with Crippen molar-refractivity contribution in [3.05, 3.63) is 72.7 Å². The fourth-order valence-corrected chi connectivity index (χ4v) is 5.36. The monoisotopic (exact) mass is 481 g/mol. The van der Waals surface area contributed by atoms with Crippen LogP contribution in [0.15, 0.2) is 67.0 Å². The lowest BCUT2D eigenvalue weighted by Crippen LogP contribution is -2.50. The molecule has 3 nitrogen and oxygen atoms in total. The Morgan fingerprint density at radius 1 is 0.955 bits per heavy atom. The Labute approximate surface area is 150 Å². The lowest BCUT2D eigenvalue weighted by molar-refractivity contribution is -0.615. The zero-order valence-electron chi connectivity index (χ0n) is 11.1. The molecule has 0 atom stereocenters. The molecule has 0 amide bonds. The third-order valence-electron chi connectivity index (χ3n) is 3.65. The summed E-state index contributed by atoms with van der Waals surface area (Å²) in [6.45, 7) is 0. The minimum absolute atomic E-state index is 0.0996. The number of benzene rings is 2. The number of hydrogen-bond donors (Lipinski definition) is 0. The first kappa shape index (κ1) is 14.4. The van der Waals surface area contributed by atoms with Crippen LogP contribution in [0.3, 0.4) is 0 Å².